The van der Waals surface area contributed by atoms with Crippen molar-refractivity contribution in [2.75, 3.05) is 28.4 Å². The third-order valence-electron chi connectivity index (χ3n) is 5.34. The van der Waals surface area contributed by atoms with E-state index in [0.29, 0.717) is 28.6 Å². The maximum absolute atomic E-state index is 13.4. The Morgan fingerprint density at radius 2 is 1.57 bits per heavy atom. The molecule has 182 valence electrons. The third kappa shape index (κ3) is 6.00. The lowest BCUT2D eigenvalue weighted by atomic mass is 10.00. The van der Waals surface area contributed by atoms with E-state index in [-0.39, 0.29) is 23.5 Å². The molecule has 0 radical (unpaired) electrons. The lowest BCUT2D eigenvalue weighted by Crippen LogP contribution is -1.97. The number of benzene rings is 3. The Morgan fingerprint density at radius 1 is 0.886 bits per heavy atom. The van der Waals surface area contributed by atoms with Crippen molar-refractivity contribution in [2.24, 2.45) is 0 Å². The predicted molar refractivity (Wildman–Crippen MR) is 133 cm³/mol. The maximum Gasteiger partial charge on any atom is 0.203 e. The van der Waals surface area contributed by atoms with E-state index < -0.39 is 5.82 Å². The minimum Gasteiger partial charge on any atom is -0.504 e. The number of halogens is 1. The van der Waals surface area contributed by atoms with Crippen LogP contribution in [0.5, 0.6) is 28.7 Å². The predicted octanol–water partition coefficient (Wildman–Crippen LogP) is 5.72. The normalized spacial score (nSPS) is 11.1. The summed E-state index contributed by atoms with van der Waals surface area (Å²) in [5.74, 6) is 1.00. The average molecular weight is 479 g/mol. The lowest BCUT2D eigenvalue weighted by Gasteiger charge is -2.13. The molecule has 1 N–H and O–H groups in total. The number of allylic oxidation sites excluding steroid dienone is 2. The van der Waals surface area contributed by atoms with E-state index in [1.807, 2.05) is 18.2 Å². The monoisotopic (exact) mass is 478 g/mol. The first kappa shape index (κ1) is 25.4. The summed E-state index contributed by atoms with van der Waals surface area (Å²) in [6.07, 6.45) is 6.91. The molecule has 0 fully saturated rings. The van der Waals surface area contributed by atoms with E-state index in [1.165, 1.54) is 38.5 Å². The van der Waals surface area contributed by atoms with Crippen molar-refractivity contribution in [3.05, 3.63) is 88.8 Å². The Morgan fingerprint density at radius 3 is 2.17 bits per heavy atom. The van der Waals surface area contributed by atoms with Crippen LogP contribution in [0.4, 0.5) is 4.39 Å². The molecular weight excluding hydrogens is 451 g/mol. The van der Waals surface area contributed by atoms with Gasteiger partial charge >= 0.3 is 0 Å². The van der Waals surface area contributed by atoms with E-state index >= 15 is 0 Å². The summed E-state index contributed by atoms with van der Waals surface area (Å²) in [6.45, 7) is 0. The van der Waals surface area contributed by atoms with Gasteiger partial charge in [0, 0.05) is 11.1 Å². The zero-order valence-corrected chi connectivity index (χ0v) is 20.0. The molecule has 0 aliphatic heterocycles. The number of carbonyl (C=O) groups excluding carboxylic acids is 1. The molecule has 3 aromatic rings. The molecule has 0 aliphatic rings. The standard InChI is InChI=1S/C28H27FO6/c1-32-24-14-13-19(12-11-18-15-25(33-2)28(35-4)26(16-18)34-3)22(27(24)31)9-6-10-23(30)20-7-5-8-21(29)17-20/h5-8,10-17,31H,9H2,1-4H3/b10-6-,12-11-. The number of rotatable bonds is 10. The second-order valence-corrected chi connectivity index (χ2v) is 7.46. The number of carbonyl (C=O) groups is 1. The molecule has 0 heterocycles. The summed E-state index contributed by atoms with van der Waals surface area (Å²) in [5, 5.41) is 10.7. The van der Waals surface area contributed by atoms with Gasteiger partial charge in [0.1, 0.15) is 5.82 Å². The minimum absolute atomic E-state index is 0.0256. The molecular formula is C28H27FO6. The fraction of sp³-hybridized carbons (Fsp3) is 0.179. The van der Waals surface area contributed by atoms with Crippen LogP contribution in [0, 0.1) is 5.82 Å². The van der Waals surface area contributed by atoms with Crippen molar-refractivity contribution in [3.8, 4) is 28.7 Å². The van der Waals surface area contributed by atoms with Crippen LogP contribution in [0.2, 0.25) is 0 Å². The van der Waals surface area contributed by atoms with Crippen LogP contribution in [0.3, 0.4) is 0 Å². The summed E-state index contributed by atoms with van der Waals surface area (Å²) in [5.41, 5.74) is 2.33. The highest BCUT2D eigenvalue weighted by atomic mass is 19.1. The lowest BCUT2D eigenvalue weighted by molar-refractivity contribution is 0.104. The van der Waals surface area contributed by atoms with Gasteiger partial charge in [-0.05, 0) is 54.0 Å². The van der Waals surface area contributed by atoms with Crippen molar-refractivity contribution in [2.45, 2.75) is 6.42 Å². The molecule has 0 saturated carbocycles. The molecule has 0 amide bonds. The number of methoxy groups -OCH3 is 4. The van der Waals surface area contributed by atoms with Crippen molar-refractivity contribution in [1.29, 1.82) is 0 Å². The molecule has 0 bridgehead atoms. The summed E-state index contributed by atoms with van der Waals surface area (Å²) in [4.78, 5) is 12.4. The van der Waals surface area contributed by atoms with Crippen LogP contribution in [0.25, 0.3) is 12.2 Å². The van der Waals surface area contributed by atoms with Crippen molar-refractivity contribution >= 4 is 17.9 Å². The number of aromatic hydroxyl groups is 1. The molecule has 3 aromatic carbocycles. The average Bonchev–Trinajstić information content (AvgIpc) is 2.87. The SMILES string of the molecule is COc1ccc(/C=C\c2cc(OC)c(OC)c(OC)c2)c(C/C=C\C(=O)c2cccc(F)c2)c1O. The number of phenolic OH excluding ortho intramolecular Hbond substituents is 1. The Balaban J connectivity index is 1.92. The fourth-order valence-corrected chi connectivity index (χ4v) is 3.57. The molecule has 3 rings (SSSR count). The molecule has 0 aliphatic carbocycles. The molecule has 0 saturated heterocycles. The molecule has 0 aromatic heterocycles. The van der Waals surface area contributed by atoms with Crippen molar-refractivity contribution in [1.82, 2.24) is 0 Å². The van der Waals surface area contributed by atoms with E-state index in [2.05, 4.69) is 0 Å². The zero-order chi connectivity index (χ0) is 25.4. The van der Waals surface area contributed by atoms with Gasteiger partial charge in [-0.2, -0.15) is 0 Å². The van der Waals surface area contributed by atoms with Gasteiger partial charge in [0.25, 0.3) is 0 Å². The van der Waals surface area contributed by atoms with E-state index in [1.54, 1.807) is 44.6 Å². The van der Waals surface area contributed by atoms with Crippen LogP contribution >= 0.6 is 0 Å². The van der Waals surface area contributed by atoms with Gasteiger partial charge in [-0.25, -0.2) is 4.39 Å². The minimum atomic E-state index is -0.478. The summed E-state index contributed by atoms with van der Waals surface area (Å²) in [7, 11) is 6.09. The molecule has 0 spiro atoms. The first-order chi connectivity index (χ1) is 16.9. The molecule has 7 heteroatoms. The second-order valence-electron chi connectivity index (χ2n) is 7.46. The maximum atomic E-state index is 13.4. The Labute approximate surface area is 203 Å². The van der Waals surface area contributed by atoms with Gasteiger partial charge < -0.3 is 24.1 Å². The van der Waals surface area contributed by atoms with Gasteiger partial charge in [-0.15, -0.1) is 0 Å². The number of hydrogen-bond acceptors (Lipinski definition) is 6. The zero-order valence-electron chi connectivity index (χ0n) is 20.0. The molecule has 6 nitrogen and oxygen atoms in total. The van der Waals surface area contributed by atoms with Gasteiger partial charge in [-0.3, -0.25) is 4.79 Å². The number of hydrogen-bond donors (Lipinski definition) is 1. The fourth-order valence-electron chi connectivity index (χ4n) is 3.57. The van der Waals surface area contributed by atoms with Gasteiger partial charge in [0.05, 0.1) is 28.4 Å². The smallest absolute Gasteiger partial charge is 0.203 e. The number of ether oxygens (including phenoxy) is 4. The third-order valence-corrected chi connectivity index (χ3v) is 5.34. The van der Waals surface area contributed by atoms with E-state index in [0.717, 1.165) is 11.1 Å². The summed E-state index contributed by atoms with van der Waals surface area (Å²) < 4.78 is 34.8. The Hall–Kier alpha value is -4.26. The quantitative estimate of drug-likeness (QED) is 0.228. The van der Waals surface area contributed by atoms with E-state index in [4.69, 9.17) is 18.9 Å². The topological polar surface area (TPSA) is 74.2 Å². The van der Waals surface area contributed by atoms with Crippen LogP contribution in [-0.4, -0.2) is 39.3 Å². The summed E-state index contributed by atoms with van der Waals surface area (Å²) in [6, 6.07) is 12.6. The van der Waals surface area contributed by atoms with Crippen LogP contribution < -0.4 is 18.9 Å². The summed E-state index contributed by atoms with van der Waals surface area (Å²) >= 11 is 0. The highest BCUT2D eigenvalue weighted by Crippen LogP contribution is 2.39. The Bertz CT molecular complexity index is 1240. The first-order valence-electron chi connectivity index (χ1n) is 10.7. The number of phenols is 1. The van der Waals surface area contributed by atoms with Crippen LogP contribution in [0.1, 0.15) is 27.0 Å². The molecule has 0 atom stereocenters. The van der Waals surface area contributed by atoms with Gasteiger partial charge in [0.2, 0.25) is 5.75 Å². The van der Waals surface area contributed by atoms with Crippen LogP contribution in [0.15, 0.2) is 60.7 Å². The second kappa shape index (κ2) is 11.7. The molecule has 0 unspecified atom stereocenters. The number of ketones is 1. The highest BCUT2D eigenvalue weighted by Gasteiger charge is 2.14. The molecule has 35 heavy (non-hydrogen) atoms. The van der Waals surface area contributed by atoms with Crippen molar-refractivity contribution in [3.63, 3.8) is 0 Å². The van der Waals surface area contributed by atoms with E-state index in [9.17, 15) is 14.3 Å². The van der Waals surface area contributed by atoms with Crippen LogP contribution in [-0.2, 0) is 6.42 Å². The largest absolute Gasteiger partial charge is 0.504 e. The highest BCUT2D eigenvalue weighted by molar-refractivity contribution is 6.04. The first-order valence-corrected chi connectivity index (χ1v) is 10.7. The van der Waals surface area contributed by atoms with Crippen molar-refractivity contribution < 1.29 is 33.2 Å². The van der Waals surface area contributed by atoms with Gasteiger partial charge in [-0.1, -0.05) is 36.4 Å². The Kier molecular flexibility index (Phi) is 8.51. The van der Waals surface area contributed by atoms with Gasteiger partial charge in [0.15, 0.2) is 28.8 Å².